The number of carbonyl (C=O) groups excluding carboxylic acids is 2. The molecule has 2 amide bonds. The summed E-state index contributed by atoms with van der Waals surface area (Å²) >= 11 is 0. The van der Waals surface area contributed by atoms with Gasteiger partial charge in [0.2, 0.25) is 0 Å². The Bertz CT molecular complexity index is 2310. The molecule has 2 aliphatic heterocycles. The zero-order valence-corrected chi connectivity index (χ0v) is 30.3. The number of nitrogens with one attached hydrogen (secondary N) is 1. The van der Waals surface area contributed by atoms with Gasteiger partial charge >= 0.3 is 6.18 Å². The first-order valence-corrected chi connectivity index (χ1v) is 19.0. The number of halogens is 3. The third-order valence-electron chi connectivity index (χ3n) is 11.9. The van der Waals surface area contributed by atoms with Crippen molar-refractivity contribution in [1.82, 2.24) is 34.3 Å². The molecule has 14 heteroatoms. The van der Waals surface area contributed by atoms with Crippen molar-refractivity contribution in [3.8, 4) is 17.3 Å². The molecule has 4 atom stereocenters. The maximum absolute atomic E-state index is 14.1. The van der Waals surface area contributed by atoms with Gasteiger partial charge in [-0.1, -0.05) is 6.42 Å². The lowest BCUT2D eigenvalue weighted by Crippen LogP contribution is -2.51. The van der Waals surface area contributed by atoms with Crippen molar-refractivity contribution in [3.05, 3.63) is 70.7 Å². The van der Waals surface area contributed by atoms with E-state index in [-0.39, 0.29) is 41.7 Å². The Morgan fingerprint density at radius 2 is 1.80 bits per heavy atom. The van der Waals surface area contributed by atoms with Gasteiger partial charge in [0.1, 0.15) is 22.6 Å². The van der Waals surface area contributed by atoms with Crippen LogP contribution in [0.1, 0.15) is 108 Å². The third-order valence-corrected chi connectivity index (χ3v) is 11.9. The van der Waals surface area contributed by atoms with Crippen LogP contribution in [-0.4, -0.2) is 66.5 Å². The van der Waals surface area contributed by atoms with Crippen molar-refractivity contribution in [1.29, 1.82) is 0 Å². The highest BCUT2D eigenvalue weighted by atomic mass is 19.4. The van der Waals surface area contributed by atoms with Crippen LogP contribution in [0, 0.1) is 5.92 Å². The van der Waals surface area contributed by atoms with Gasteiger partial charge in [-0.2, -0.15) is 13.2 Å². The van der Waals surface area contributed by atoms with E-state index in [2.05, 4.69) is 25.5 Å². The first kappa shape index (κ1) is 34.8. The molecule has 9 rings (SSSR count). The average Bonchev–Trinajstić information content (AvgIpc) is 3.62. The number of rotatable bonds is 4. The number of imidazole rings is 1. The zero-order chi connectivity index (χ0) is 37.5. The lowest BCUT2D eigenvalue weighted by atomic mass is 9.94. The van der Waals surface area contributed by atoms with Gasteiger partial charge in [0.15, 0.2) is 5.82 Å². The summed E-state index contributed by atoms with van der Waals surface area (Å²) in [5.74, 6) is 1.29. The number of piperidine rings is 1. The molecule has 0 spiro atoms. The molecule has 2 aliphatic carbocycles. The van der Waals surface area contributed by atoms with E-state index in [4.69, 9.17) is 20.4 Å². The molecule has 1 aromatic carbocycles. The molecular formula is C40H43F3N8O3. The van der Waals surface area contributed by atoms with Crippen LogP contribution in [0.4, 0.5) is 13.2 Å². The molecule has 1 saturated heterocycles. The summed E-state index contributed by atoms with van der Waals surface area (Å²) in [5.41, 5.74) is 10.1. The topological polar surface area (TPSA) is 133 Å². The smallest absolute Gasteiger partial charge is 0.433 e. The molecule has 3 N–H and O–H groups in total. The highest BCUT2D eigenvalue weighted by Crippen LogP contribution is 2.45. The van der Waals surface area contributed by atoms with Crippen molar-refractivity contribution in [3.63, 3.8) is 0 Å². The summed E-state index contributed by atoms with van der Waals surface area (Å²) in [6, 6.07) is 11.6. The van der Waals surface area contributed by atoms with Crippen molar-refractivity contribution in [2.75, 3.05) is 13.7 Å². The van der Waals surface area contributed by atoms with Crippen LogP contribution in [0.15, 0.2) is 42.5 Å². The molecular weight excluding hydrogens is 697 g/mol. The maximum atomic E-state index is 14.1. The van der Waals surface area contributed by atoms with Crippen LogP contribution in [0.5, 0.6) is 5.75 Å². The predicted octanol–water partition coefficient (Wildman–Crippen LogP) is 6.98. The van der Waals surface area contributed by atoms with E-state index in [1.165, 1.54) is 6.07 Å². The Labute approximate surface area is 310 Å². The zero-order valence-electron chi connectivity index (χ0n) is 30.3. The van der Waals surface area contributed by atoms with Crippen molar-refractivity contribution in [2.45, 2.75) is 102 Å². The number of methoxy groups -OCH3 is 1. The summed E-state index contributed by atoms with van der Waals surface area (Å²) in [6.07, 6.45) is 2.52. The highest BCUT2D eigenvalue weighted by Gasteiger charge is 2.42. The number of aryl methyl sites for hydroxylation is 2. The van der Waals surface area contributed by atoms with E-state index < -0.39 is 23.8 Å². The molecule has 4 aromatic heterocycles. The number of nitrogens with zero attached hydrogens (tertiary/aromatic N) is 6. The van der Waals surface area contributed by atoms with E-state index in [0.29, 0.717) is 60.8 Å². The molecule has 282 valence electrons. The summed E-state index contributed by atoms with van der Waals surface area (Å²) in [4.78, 5) is 43.7. The quantitative estimate of drug-likeness (QED) is 0.203. The Balaban J connectivity index is 1.11. The van der Waals surface area contributed by atoms with Crippen molar-refractivity contribution in [2.24, 2.45) is 11.7 Å². The number of ether oxygens (including phenoxy) is 1. The molecule has 11 nitrogen and oxygen atoms in total. The van der Waals surface area contributed by atoms with Crippen LogP contribution < -0.4 is 15.8 Å². The first-order chi connectivity index (χ1) is 26.0. The number of benzene rings is 1. The Morgan fingerprint density at radius 3 is 2.57 bits per heavy atom. The maximum Gasteiger partial charge on any atom is 0.433 e. The molecule has 2 saturated carbocycles. The Hall–Kier alpha value is -4.98. The molecule has 0 radical (unpaired) electrons. The van der Waals surface area contributed by atoms with E-state index in [1.807, 2.05) is 36.1 Å². The van der Waals surface area contributed by atoms with Crippen LogP contribution in [0.25, 0.3) is 33.6 Å². The van der Waals surface area contributed by atoms with Gasteiger partial charge in [-0.25, -0.2) is 15.0 Å². The Morgan fingerprint density at radius 1 is 0.981 bits per heavy atom. The van der Waals surface area contributed by atoms with E-state index >= 15 is 0 Å². The van der Waals surface area contributed by atoms with Gasteiger partial charge in [0, 0.05) is 42.2 Å². The second-order valence-electron chi connectivity index (χ2n) is 15.5. The van der Waals surface area contributed by atoms with E-state index in [9.17, 15) is 22.8 Å². The fraction of sp³-hybridized carbons (Fsp3) is 0.475. The number of pyridine rings is 2. The number of likely N-dealkylation sites (tertiary alicyclic amines) is 1. The summed E-state index contributed by atoms with van der Waals surface area (Å²) in [5, 5.41) is 3.86. The molecule has 0 unspecified atom stereocenters. The number of hydrogen-bond acceptors (Lipinski definition) is 7. The second-order valence-corrected chi connectivity index (χ2v) is 15.5. The van der Waals surface area contributed by atoms with Gasteiger partial charge in [0.25, 0.3) is 11.8 Å². The number of alkyl halides is 3. The van der Waals surface area contributed by atoms with Gasteiger partial charge in [-0.3, -0.25) is 9.59 Å². The summed E-state index contributed by atoms with van der Waals surface area (Å²) in [7, 11) is 1.63. The normalized spacial score (nSPS) is 23.4. The van der Waals surface area contributed by atoms with Crippen LogP contribution >= 0.6 is 0 Å². The number of aromatic nitrogens is 5. The fourth-order valence-electron chi connectivity index (χ4n) is 8.88. The molecule has 54 heavy (non-hydrogen) atoms. The number of amides is 2. The second kappa shape index (κ2) is 13.1. The van der Waals surface area contributed by atoms with Crippen molar-refractivity contribution >= 4 is 33.9 Å². The lowest BCUT2D eigenvalue weighted by Gasteiger charge is -2.37. The third kappa shape index (κ3) is 5.98. The predicted molar refractivity (Wildman–Crippen MR) is 196 cm³/mol. The van der Waals surface area contributed by atoms with E-state index in [1.54, 1.807) is 7.11 Å². The Kier molecular flexibility index (Phi) is 8.43. The number of nitrogens with two attached hydrogens (primary N) is 1. The monoisotopic (exact) mass is 740 g/mol. The minimum Gasteiger partial charge on any atom is -0.494 e. The van der Waals surface area contributed by atoms with Crippen LogP contribution in [0.3, 0.4) is 0 Å². The van der Waals surface area contributed by atoms with Crippen LogP contribution in [-0.2, 0) is 19.1 Å². The first-order valence-electron chi connectivity index (χ1n) is 19.0. The van der Waals surface area contributed by atoms with E-state index in [0.717, 1.165) is 66.2 Å². The SMILES string of the molecule is COc1cc(C(=O)N2C[C@H](N)[C@@H]3CC[C@H]2C3)cc2nc(-c3cc4ccc5nc4n3CCCCCc3nc(C(F)(F)F)ccc3C(=O)N[C@@H]5C)n(C3CC3)c12. The molecule has 4 aliphatic rings. The molecule has 5 aromatic rings. The number of fused-ring (bicyclic) bond motifs is 5. The number of carbonyl (C=O) groups is 2. The fourth-order valence-corrected chi connectivity index (χ4v) is 8.88. The lowest BCUT2D eigenvalue weighted by molar-refractivity contribution is -0.141. The number of hydrogen-bond donors (Lipinski definition) is 2. The van der Waals surface area contributed by atoms with Gasteiger partial charge < -0.3 is 29.8 Å². The highest BCUT2D eigenvalue weighted by molar-refractivity contribution is 6.00. The van der Waals surface area contributed by atoms with Gasteiger partial charge in [-0.05, 0) is 107 Å². The minimum atomic E-state index is -4.61. The van der Waals surface area contributed by atoms with Crippen molar-refractivity contribution < 1.29 is 27.5 Å². The minimum absolute atomic E-state index is 0.0214. The largest absolute Gasteiger partial charge is 0.494 e. The van der Waals surface area contributed by atoms with Gasteiger partial charge in [-0.15, -0.1) is 0 Å². The van der Waals surface area contributed by atoms with Crippen LogP contribution in [0.2, 0.25) is 0 Å². The van der Waals surface area contributed by atoms with Gasteiger partial charge in [0.05, 0.1) is 41.3 Å². The average molecular weight is 741 g/mol. The summed E-state index contributed by atoms with van der Waals surface area (Å²) in [6.45, 7) is 2.94. The molecule has 3 fully saturated rings. The standard InChI is InChI=1S/C40H43F3N8O3/c1-21-29-13-8-23-18-32(49(36(23)47-29)15-5-3-4-6-30-27(38(52)45-21)12-14-34(46-30)40(41,42)43)37-48-31-17-24(19-33(54-2)35(31)51(37)25-10-11-25)39(53)50-20-28(44)22-7-9-26(50)16-22/h8,12-14,17-19,21-22,25-26,28H,3-7,9-11,15-16,20,44H2,1-2H3,(H,45,52)/t21-,22-,26+,28+/m1/s1. The summed E-state index contributed by atoms with van der Waals surface area (Å²) < 4.78 is 51.2. The molecule has 6 heterocycles. The molecule has 4 bridgehead atoms.